The fourth-order valence-electron chi connectivity index (χ4n) is 3.68. The summed E-state index contributed by atoms with van der Waals surface area (Å²) in [6.45, 7) is 2.87. The molecule has 3 aliphatic rings. The van der Waals surface area contributed by atoms with Crippen molar-refractivity contribution in [3.63, 3.8) is 0 Å². The number of carbonyl (C=O) groups is 2. The van der Waals surface area contributed by atoms with Crippen LogP contribution in [0.5, 0.6) is 0 Å². The molecule has 0 amide bonds. The third-order valence-electron chi connectivity index (χ3n) is 4.64. The lowest BCUT2D eigenvalue weighted by molar-refractivity contribution is -0.124. The van der Waals surface area contributed by atoms with Gasteiger partial charge in [-0.1, -0.05) is 43.0 Å². The number of ketones is 1. The molecule has 1 aromatic rings. The van der Waals surface area contributed by atoms with Crippen LogP contribution in [0.1, 0.15) is 24.1 Å². The number of Topliss-reactive ketones (excluding diaryl/α,β-unsaturated/α-hetero) is 1. The number of benzene rings is 1. The summed E-state index contributed by atoms with van der Waals surface area (Å²) < 4.78 is 0. The van der Waals surface area contributed by atoms with Crippen molar-refractivity contribution in [2.75, 3.05) is 12.3 Å². The summed E-state index contributed by atoms with van der Waals surface area (Å²) in [7, 11) is 0. The highest BCUT2D eigenvalue weighted by Crippen LogP contribution is 2.46. The van der Waals surface area contributed by atoms with Crippen LogP contribution in [-0.4, -0.2) is 28.1 Å². The number of hydrogen-bond donors (Lipinski definition) is 0. The van der Waals surface area contributed by atoms with Crippen LogP contribution >= 0.6 is 11.8 Å². The van der Waals surface area contributed by atoms with E-state index in [9.17, 15) is 9.59 Å². The number of carbonyl (C=O) groups excluding carboxylic acids is 2. The summed E-state index contributed by atoms with van der Waals surface area (Å²) >= 11 is 1.27. The Kier molecular flexibility index (Phi) is 2.58. The smallest absolute Gasteiger partial charge is 0.225 e. The Bertz CT molecular complexity index is 664. The van der Waals surface area contributed by atoms with E-state index in [1.165, 1.54) is 22.9 Å². The van der Waals surface area contributed by atoms with Gasteiger partial charge in [-0.15, -0.1) is 0 Å². The molecule has 3 nitrogen and oxygen atoms in total. The van der Waals surface area contributed by atoms with Crippen molar-refractivity contribution in [3.8, 4) is 0 Å². The molecule has 0 aromatic heterocycles. The zero-order valence-corrected chi connectivity index (χ0v) is 12.1. The van der Waals surface area contributed by atoms with Crippen LogP contribution in [0.3, 0.4) is 0 Å². The van der Waals surface area contributed by atoms with E-state index in [0.29, 0.717) is 11.3 Å². The first-order valence-corrected chi connectivity index (χ1v) is 7.96. The first-order valence-electron chi connectivity index (χ1n) is 6.97. The molecule has 0 bridgehead atoms. The Morgan fingerprint density at radius 3 is 2.90 bits per heavy atom. The molecule has 0 unspecified atom stereocenters. The summed E-state index contributed by atoms with van der Waals surface area (Å²) in [5.41, 5.74) is 4.05. The first-order chi connectivity index (χ1) is 9.68. The Morgan fingerprint density at radius 1 is 1.25 bits per heavy atom. The van der Waals surface area contributed by atoms with Crippen molar-refractivity contribution in [1.82, 2.24) is 4.90 Å². The van der Waals surface area contributed by atoms with E-state index in [4.69, 9.17) is 0 Å². The number of thioether (sulfide) groups is 1. The second-order valence-electron chi connectivity index (χ2n) is 5.64. The molecule has 0 spiro atoms. The van der Waals surface area contributed by atoms with Crippen LogP contribution in [0, 0.1) is 5.92 Å². The Labute approximate surface area is 122 Å². The fourth-order valence-corrected chi connectivity index (χ4v) is 4.62. The summed E-state index contributed by atoms with van der Waals surface area (Å²) in [5, 5.41) is -0.0332. The molecule has 102 valence electrons. The zero-order chi connectivity index (χ0) is 13.9. The zero-order valence-electron chi connectivity index (χ0n) is 11.3. The highest BCUT2D eigenvalue weighted by atomic mass is 32.2. The van der Waals surface area contributed by atoms with E-state index >= 15 is 0 Å². The quantitative estimate of drug-likeness (QED) is 0.686. The minimum Gasteiger partial charge on any atom is -0.365 e. The van der Waals surface area contributed by atoms with Crippen LogP contribution < -0.4 is 0 Å². The second kappa shape index (κ2) is 4.22. The van der Waals surface area contributed by atoms with Gasteiger partial charge in [0.2, 0.25) is 5.12 Å². The average molecular weight is 285 g/mol. The summed E-state index contributed by atoms with van der Waals surface area (Å²) in [4.78, 5) is 26.8. The van der Waals surface area contributed by atoms with Crippen molar-refractivity contribution in [1.29, 1.82) is 0 Å². The van der Waals surface area contributed by atoms with Crippen LogP contribution in [0.2, 0.25) is 0 Å². The van der Waals surface area contributed by atoms with Gasteiger partial charge in [0.1, 0.15) is 0 Å². The highest BCUT2D eigenvalue weighted by Gasteiger charge is 2.46. The van der Waals surface area contributed by atoms with Gasteiger partial charge < -0.3 is 4.90 Å². The van der Waals surface area contributed by atoms with Crippen molar-refractivity contribution < 1.29 is 9.59 Å². The monoisotopic (exact) mass is 285 g/mol. The van der Waals surface area contributed by atoms with Gasteiger partial charge in [-0.05, 0) is 17.5 Å². The van der Waals surface area contributed by atoms with Gasteiger partial charge in [-0.25, -0.2) is 0 Å². The summed E-state index contributed by atoms with van der Waals surface area (Å²) in [5.74, 6) is 0.552. The molecule has 0 fully saturated rings. The third kappa shape index (κ3) is 1.48. The van der Waals surface area contributed by atoms with Gasteiger partial charge in [0.25, 0.3) is 0 Å². The Hall–Kier alpha value is -1.55. The van der Waals surface area contributed by atoms with E-state index in [0.717, 1.165) is 18.7 Å². The third-order valence-corrected chi connectivity index (χ3v) is 5.53. The number of nitrogens with zero attached hydrogens (tertiary/aromatic N) is 1. The second-order valence-corrected chi connectivity index (χ2v) is 6.59. The predicted molar refractivity (Wildman–Crippen MR) is 78.3 cm³/mol. The predicted octanol–water partition coefficient (Wildman–Crippen LogP) is 2.33. The van der Waals surface area contributed by atoms with Gasteiger partial charge in [0.15, 0.2) is 5.78 Å². The van der Waals surface area contributed by atoms with Gasteiger partial charge in [0.05, 0.1) is 11.6 Å². The van der Waals surface area contributed by atoms with E-state index in [1.807, 2.05) is 13.0 Å². The SMILES string of the molecule is C[C@H]1C(=O)C2=C(CSC2=O)N2CCc3ccccc3[C@H]12. The molecule has 4 heteroatoms. The molecule has 3 heterocycles. The molecule has 3 aliphatic heterocycles. The van der Waals surface area contributed by atoms with Crippen molar-refractivity contribution in [2.45, 2.75) is 19.4 Å². The van der Waals surface area contributed by atoms with Gasteiger partial charge >= 0.3 is 0 Å². The largest absolute Gasteiger partial charge is 0.365 e. The minimum absolute atomic E-state index is 0.0332. The fraction of sp³-hybridized carbons (Fsp3) is 0.375. The molecule has 0 radical (unpaired) electrons. The lowest BCUT2D eigenvalue weighted by Crippen LogP contribution is -2.45. The standard InChI is InChI=1S/C16H15NO2S/c1-9-14-11-5-3-2-4-10(11)6-7-17(14)12-8-20-16(19)13(12)15(9)18/h2-5,9,14H,6-8H2,1H3/t9-,14+/m1/s1. The maximum atomic E-state index is 12.6. The van der Waals surface area contributed by atoms with E-state index in [2.05, 4.69) is 23.1 Å². The Morgan fingerprint density at radius 2 is 2.05 bits per heavy atom. The van der Waals surface area contributed by atoms with E-state index < -0.39 is 0 Å². The molecule has 2 atom stereocenters. The molecule has 4 rings (SSSR count). The van der Waals surface area contributed by atoms with Crippen molar-refractivity contribution >= 4 is 22.7 Å². The molecular formula is C16H15NO2S. The molecule has 0 aliphatic carbocycles. The average Bonchev–Trinajstić information content (AvgIpc) is 2.86. The van der Waals surface area contributed by atoms with Gasteiger partial charge in [-0.2, -0.15) is 0 Å². The molecule has 0 saturated carbocycles. The number of fused-ring (bicyclic) bond motifs is 4. The highest BCUT2D eigenvalue weighted by molar-refractivity contribution is 8.14. The molecule has 0 N–H and O–H groups in total. The molecule has 20 heavy (non-hydrogen) atoms. The normalized spacial score (nSPS) is 28.4. The number of hydrogen-bond acceptors (Lipinski definition) is 4. The maximum Gasteiger partial charge on any atom is 0.225 e. The van der Waals surface area contributed by atoms with E-state index in [-0.39, 0.29) is 22.9 Å². The molecule has 0 saturated heterocycles. The lowest BCUT2D eigenvalue weighted by Gasteiger charge is -2.45. The van der Waals surface area contributed by atoms with Crippen LogP contribution in [-0.2, 0) is 16.0 Å². The molecular weight excluding hydrogens is 270 g/mol. The summed E-state index contributed by atoms with van der Waals surface area (Å²) in [6, 6.07) is 8.49. The lowest BCUT2D eigenvalue weighted by atomic mass is 9.78. The minimum atomic E-state index is -0.141. The van der Waals surface area contributed by atoms with Crippen molar-refractivity contribution in [3.05, 3.63) is 46.7 Å². The number of rotatable bonds is 0. The Balaban J connectivity index is 1.89. The molecule has 1 aromatic carbocycles. The van der Waals surface area contributed by atoms with Crippen LogP contribution in [0.15, 0.2) is 35.5 Å². The van der Waals surface area contributed by atoms with Crippen LogP contribution in [0.4, 0.5) is 0 Å². The van der Waals surface area contributed by atoms with E-state index in [1.54, 1.807) is 0 Å². The maximum absolute atomic E-state index is 12.6. The van der Waals surface area contributed by atoms with Crippen LogP contribution in [0.25, 0.3) is 0 Å². The van der Waals surface area contributed by atoms with Crippen molar-refractivity contribution in [2.24, 2.45) is 5.92 Å². The topological polar surface area (TPSA) is 37.4 Å². The summed E-state index contributed by atoms with van der Waals surface area (Å²) in [6.07, 6.45) is 0.989. The first kappa shape index (κ1) is 12.2. The van der Waals surface area contributed by atoms with Gasteiger partial charge in [0, 0.05) is 23.9 Å². The van der Waals surface area contributed by atoms with Gasteiger partial charge in [-0.3, -0.25) is 9.59 Å².